The lowest BCUT2D eigenvalue weighted by molar-refractivity contribution is 0.571. The molecule has 0 atom stereocenters. The molecule has 2 nitrogen and oxygen atoms in total. The van der Waals surface area contributed by atoms with Crippen LogP contribution in [-0.2, 0) is 5.88 Å². The van der Waals surface area contributed by atoms with E-state index in [0.29, 0.717) is 11.5 Å². The highest BCUT2D eigenvalue weighted by Crippen LogP contribution is 2.24. The Bertz CT molecular complexity index is 424. The molecule has 2 rings (SSSR count). The topological polar surface area (TPSA) is 26.0 Å². The molecule has 0 N–H and O–H groups in total. The van der Waals surface area contributed by atoms with Gasteiger partial charge in [0.2, 0.25) is 0 Å². The van der Waals surface area contributed by atoms with Gasteiger partial charge >= 0.3 is 0 Å². The van der Waals surface area contributed by atoms with Crippen molar-refractivity contribution in [1.82, 2.24) is 4.98 Å². The first-order valence-corrected chi connectivity index (χ1v) is 4.59. The number of halogens is 2. The van der Waals surface area contributed by atoms with E-state index in [9.17, 15) is 4.39 Å². The van der Waals surface area contributed by atoms with Gasteiger partial charge in [0.1, 0.15) is 11.5 Å². The Morgan fingerprint density at radius 1 is 1.29 bits per heavy atom. The number of benzene rings is 1. The van der Waals surface area contributed by atoms with E-state index in [0.717, 1.165) is 5.56 Å². The average molecular weight is 212 g/mol. The molecule has 0 spiro atoms. The minimum Gasteiger partial charge on any atom is -0.443 e. The predicted octanol–water partition coefficient (Wildman–Crippen LogP) is 3.22. The van der Waals surface area contributed by atoms with Crippen molar-refractivity contribution in [3.05, 3.63) is 42.2 Å². The lowest BCUT2D eigenvalue weighted by Gasteiger charge is -1.97. The van der Waals surface area contributed by atoms with E-state index in [4.69, 9.17) is 16.0 Å². The fourth-order valence-electron chi connectivity index (χ4n) is 1.20. The first-order valence-electron chi connectivity index (χ1n) is 4.05. The third kappa shape index (κ3) is 1.63. The standard InChI is InChI=1S/C10H7ClFNO/c11-5-9-10(14-6-13-9)7-1-3-8(12)4-2-7/h1-4,6H,5H2. The molecule has 0 amide bonds. The van der Waals surface area contributed by atoms with E-state index in [1.165, 1.54) is 18.5 Å². The maximum atomic E-state index is 12.6. The van der Waals surface area contributed by atoms with Gasteiger partial charge in [0.25, 0.3) is 0 Å². The number of aromatic nitrogens is 1. The van der Waals surface area contributed by atoms with Crippen LogP contribution >= 0.6 is 11.6 Å². The van der Waals surface area contributed by atoms with Crippen molar-refractivity contribution in [2.45, 2.75) is 5.88 Å². The van der Waals surface area contributed by atoms with Crippen LogP contribution in [-0.4, -0.2) is 4.98 Å². The van der Waals surface area contributed by atoms with Crippen molar-refractivity contribution in [1.29, 1.82) is 0 Å². The minimum absolute atomic E-state index is 0.277. The summed E-state index contributed by atoms with van der Waals surface area (Å²) in [5.41, 5.74) is 1.44. The summed E-state index contributed by atoms with van der Waals surface area (Å²) in [5, 5.41) is 0. The number of hydrogen-bond donors (Lipinski definition) is 0. The van der Waals surface area contributed by atoms with E-state index < -0.39 is 0 Å². The van der Waals surface area contributed by atoms with Gasteiger partial charge in [-0.1, -0.05) is 0 Å². The maximum Gasteiger partial charge on any atom is 0.181 e. The summed E-state index contributed by atoms with van der Waals surface area (Å²) in [5.74, 6) is 0.601. The minimum atomic E-state index is -0.277. The molecule has 0 saturated heterocycles. The maximum absolute atomic E-state index is 12.6. The van der Waals surface area contributed by atoms with E-state index in [1.807, 2.05) is 0 Å². The predicted molar refractivity (Wildman–Crippen MR) is 51.5 cm³/mol. The molecular weight excluding hydrogens is 205 g/mol. The zero-order valence-electron chi connectivity index (χ0n) is 7.21. The molecule has 0 aliphatic carbocycles. The van der Waals surface area contributed by atoms with Gasteiger partial charge in [-0.2, -0.15) is 0 Å². The van der Waals surface area contributed by atoms with Crippen molar-refractivity contribution in [2.24, 2.45) is 0 Å². The Kier molecular flexibility index (Phi) is 2.50. The monoisotopic (exact) mass is 211 g/mol. The lowest BCUT2D eigenvalue weighted by Crippen LogP contribution is -1.83. The number of nitrogens with zero attached hydrogens (tertiary/aromatic N) is 1. The van der Waals surface area contributed by atoms with Crippen molar-refractivity contribution < 1.29 is 8.81 Å². The van der Waals surface area contributed by atoms with Gasteiger partial charge < -0.3 is 4.42 Å². The van der Waals surface area contributed by atoms with Gasteiger partial charge in [-0.25, -0.2) is 9.37 Å². The van der Waals surface area contributed by atoms with Crippen LogP contribution in [0.4, 0.5) is 4.39 Å². The highest BCUT2D eigenvalue weighted by molar-refractivity contribution is 6.17. The molecule has 1 aromatic heterocycles. The van der Waals surface area contributed by atoms with Gasteiger partial charge in [-0.05, 0) is 24.3 Å². The highest BCUT2D eigenvalue weighted by atomic mass is 35.5. The zero-order chi connectivity index (χ0) is 9.97. The largest absolute Gasteiger partial charge is 0.443 e. The summed E-state index contributed by atoms with van der Waals surface area (Å²) in [6.07, 6.45) is 1.33. The molecule has 4 heteroatoms. The molecule has 1 heterocycles. The van der Waals surface area contributed by atoms with Gasteiger partial charge in [-0.3, -0.25) is 0 Å². The van der Waals surface area contributed by atoms with Gasteiger partial charge in [0, 0.05) is 5.56 Å². The zero-order valence-corrected chi connectivity index (χ0v) is 7.96. The fourth-order valence-corrected chi connectivity index (χ4v) is 1.39. The summed E-state index contributed by atoms with van der Waals surface area (Å²) in [4.78, 5) is 3.94. The van der Waals surface area contributed by atoms with Crippen LogP contribution in [0.5, 0.6) is 0 Å². The highest BCUT2D eigenvalue weighted by Gasteiger charge is 2.09. The quantitative estimate of drug-likeness (QED) is 0.713. The van der Waals surface area contributed by atoms with Crippen molar-refractivity contribution >= 4 is 11.6 Å². The number of hydrogen-bond acceptors (Lipinski definition) is 2. The van der Waals surface area contributed by atoms with Crippen LogP contribution in [0.25, 0.3) is 11.3 Å². The second-order valence-corrected chi connectivity index (χ2v) is 3.04. The molecule has 72 valence electrons. The molecule has 0 saturated carbocycles. The molecule has 2 aromatic rings. The van der Waals surface area contributed by atoms with Crippen molar-refractivity contribution in [3.8, 4) is 11.3 Å². The Labute approximate surface area is 85.3 Å². The second kappa shape index (κ2) is 3.80. The summed E-state index contributed by atoms with van der Waals surface area (Å²) < 4.78 is 17.8. The lowest BCUT2D eigenvalue weighted by atomic mass is 10.1. The van der Waals surface area contributed by atoms with Crippen LogP contribution in [0, 0.1) is 5.82 Å². The molecule has 0 aliphatic heterocycles. The molecule has 14 heavy (non-hydrogen) atoms. The van der Waals surface area contributed by atoms with E-state index >= 15 is 0 Å². The average Bonchev–Trinajstić information content (AvgIpc) is 2.67. The molecule has 0 fully saturated rings. The SMILES string of the molecule is Fc1ccc(-c2ocnc2CCl)cc1. The first-order chi connectivity index (χ1) is 6.81. The molecule has 0 radical (unpaired) electrons. The van der Waals surface area contributed by atoms with Crippen LogP contribution < -0.4 is 0 Å². The Morgan fingerprint density at radius 2 is 2.00 bits per heavy atom. The third-order valence-electron chi connectivity index (χ3n) is 1.87. The van der Waals surface area contributed by atoms with E-state index in [-0.39, 0.29) is 11.7 Å². The normalized spacial score (nSPS) is 10.4. The Balaban J connectivity index is 2.44. The number of rotatable bonds is 2. The Morgan fingerprint density at radius 3 is 2.64 bits per heavy atom. The Hall–Kier alpha value is -1.35. The molecule has 0 aliphatic rings. The summed E-state index contributed by atoms with van der Waals surface area (Å²) in [7, 11) is 0. The van der Waals surface area contributed by atoms with Gasteiger partial charge in [0.15, 0.2) is 12.2 Å². The first kappa shape index (κ1) is 9.21. The number of alkyl halides is 1. The molecular formula is C10H7ClFNO. The third-order valence-corrected chi connectivity index (χ3v) is 2.13. The number of oxazole rings is 1. The second-order valence-electron chi connectivity index (χ2n) is 2.77. The van der Waals surface area contributed by atoms with Crippen molar-refractivity contribution in [2.75, 3.05) is 0 Å². The smallest absolute Gasteiger partial charge is 0.181 e. The van der Waals surface area contributed by atoms with E-state index in [2.05, 4.69) is 4.98 Å². The summed E-state index contributed by atoms with van der Waals surface area (Å²) in [6.45, 7) is 0. The molecule has 0 bridgehead atoms. The van der Waals surface area contributed by atoms with Crippen LogP contribution in [0.3, 0.4) is 0 Å². The van der Waals surface area contributed by atoms with Gasteiger partial charge in [0.05, 0.1) is 5.88 Å². The summed E-state index contributed by atoms with van der Waals surface area (Å²) >= 11 is 5.66. The van der Waals surface area contributed by atoms with Crippen LogP contribution in [0.15, 0.2) is 35.1 Å². The van der Waals surface area contributed by atoms with E-state index in [1.54, 1.807) is 12.1 Å². The molecule has 0 unspecified atom stereocenters. The summed E-state index contributed by atoms with van der Waals surface area (Å²) in [6, 6.07) is 6.00. The van der Waals surface area contributed by atoms with Crippen molar-refractivity contribution in [3.63, 3.8) is 0 Å². The fraction of sp³-hybridized carbons (Fsp3) is 0.100. The van der Waals surface area contributed by atoms with Crippen LogP contribution in [0.2, 0.25) is 0 Å². The molecule has 1 aromatic carbocycles. The van der Waals surface area contributed by atoms with Gasteiger partial charge in [-0.15, -0.1) is 11.6 Å². The van der Waals surface area contributed by atoms with Crippen LogP contribution in [0.1, 0.15) is 5.69 Å².